The minimum atomic E-state index is -1.01. The van der Waals surface area contributed by atoms with Crippen LogP contribution in [0.1, 0.15) is 53.1 Å². The molecule has 0 aliphatic carbocycles. The number of rotatable bonds is 9. The number of nitrogens with zero attached hydrogens (tertiary/aromatic N) is 3. The fourth-order valence-corrected chi connectivity index (χ4v) is 6.09. The summed E-state index contributed by atoms with van der Waals surface area (Å²) in [5.74, 6) is -0.126. The zero-order valence-corrected chi connectivity index (χ0v) is 22.2. The number of thiophene rings is 1. The number of hydrogen-bond donors (Lipinski definition) is 4. The largest absolute Gasteiger partial charge is 0.477 e. The number of benzene rings is 1. The standard InChI is InChI=1S/C29H33N5O3S/c1-2-4-20-15-24(33-28-25(20)26(30)27(38-28)29(36)37)34-13-10-22(11-14-34)32-17-23(35)19-8-6-18(7-9-19)21-5-3-12-31-16-21/h3,5-9,12,15-16,22-23,32,35H,2,4,10-11,13-14,17,30H2,1H3,(H,36,37). The van der Waals surface area contributed by atoms with Crippen molar-refractivity contribution in [2.45, 2.75) is 44.8 Å². The van der Waals surface area contributed by atoms with Crippen LogP contribution in [0.2, 0.25) is 0 Å². The molecule has 0 saturated carbocycles. The fraction of sp³-hybridized carbons (Fsp3) is 0.345. The molecule has 0 radical (unpaired) electrons. The van der Waals surface area contributed by atoms with Crippen molar-refractivity contribution >= 4 is 39.0 Å². The average Bonchev–Trinajstić information content (AvgIpc) is 3.29. The van der Waals surface area contributed by atoms with E-state index in [1.165, 1.54) is 0 Å². The van der Waals surface area contributed by atoms with Gasteiger partial charge in [0, 0.05) is 43.5 Å². The van der Waals surface area contributed by atoms with E-state index in [1.807, 2.05) is 42.6 Å². The second kappa shape index (κ2) is 11.5. The Morgan fingerprint density at radius 1 is 1.21 bits per heavy atom. The van der Waals surface area contributed by atoms with Crippen LogP contribution in [0.4, 0.5) is 11.5 Å². The summed E-state index contributed by atoms with van der Waals surface area (Å²) in [7, 11) is 0. The van der Waals surface area contributed by atoms with Gasteiger partial charge in [-0.1, -0.05) is 43.7 Å². The Bertz CT molecular complexity index is 1400. The molecule has 8 nitrogen and oxygen atoms in total. The first-order chi connectivity index (χ1) is 18.4. The molecule has 0 amide bonds. The maximum absolute atomic E-state index is 11.6. The molecule has 3 aromatic heterocycles. The van der Waals surface area contributed by atoms with Crippen molar-refractivity contribution in [3.05, 3.63) is 70.9 Å². The topological polar surface area (TPSA) is 125 Å². The molecule has 1 atom stereocenters. The van der Waals surface area contributed by atoms with Crippen molar-refractivity contribution in [3.8, 4) is 11.1 Å². The lowest BCUT2D eigenvalue weighted by atomic mass is 10.0. The second-order valence-corrected chi connectivity index (χ2v) is 10.8. The zero-order chi connectivity index (χ0) is 26.6. The van der Waals surface area contributed by atoms with Crippen LogP contribution >= 0.6 is 11.3 Å². The number of carboxylic acid groups (broad SMARTS) is 1. The molecule has 0 bridgehead atoms. The predicted octanol–water partition coefficient (Wildman–Crippen LogP) is 4.88. The van der Waals surface area contributed by atoms with Gasteiger partial charge in [-0.05, 0) is 53.6 Å². The number of nitrogens with one attached hydrogen (secondary N) is 1. The van der Waals surface area contributed by atoms with Gasteiger partial charge in [0.05, 0.1) is 11.8 Å². The van der Waals surface area contributed by atoms with E-state index in [4.69, 9.17) is 10.7 Å². The fourth-order valence-electron chi connectivity index (χ4n) is 5.11. The molecule has 4 aromatic rings. The Hall–Kier alpha value is -3.53. The molecular formula is C29H33N5O3S. The van der Waals surface area contributed by atoms with Crippen LogP contribution in [0.5, 0.6) is 0 Å². The summed E-state index contributed by atoms with van der Waals surface area (Å²) in [6.45, 7) is 4.27. The average molecular weight is 532 g/mol. The summed E-state index contributed by atoms with van der Waals surface area (Å²) < 4.78 is 0. The van der Waals surface area contributed by atoms with Crippen molar-refractivity contribution < 1.29 is 15.0 Å². The molecule has 1 aliphatic heterocycles. The number of carboxylic acids is 1. The Morgan fingerprint density at radius 2 is 1.97 bits per heavy atom. The number of piperidine rings is 1. The summed E-state index contributed by atoms with van der Waals surface area (Å²) in [6.07, 6.45) is 6.64. The van der Waals surface area contributed by atoms with Crippen molar-refractivity contribution in [2.24, 2.45) is 0 Å². The number of aryl methyl sites for hydroxylation is 1. The van der Waals surface area contributed by atoms with Crippen LogP contribution < -0.4 is 16.0 Å². The lowest BCUT2D eigenvalue weighted by molar-refractivity contribution is 0.0703. The maximum atomic E-state index is 11.6. The van der Waals surface area contributed by atoms with Gasteiger partial charge in [-0.2, -0.15) is 0 Å². The highest BCUT2D eigenvalue weighted by Gasteiger charge is 2.24. The lowest BCUT2D eigenvalue weighted by Crippen LogP contribution is -2.44. The summed E-state index contributed by atoms with van der Waals surface area (Å²) in [5, 5.41) is 24.6. The summed E-state index contributed by atoms with van der Waals surface area (Å²) in [5.41, 5.74) is 10.6. The molecule has 1 aromatic carbocycles. The predicted molar refractivity (Wildman–Crippen MR) is 153 cm³/mol. The molecule has 198 valence electrons. The van der Waals surface area contributed by atoms with Gasteiger partial charge in [-0.15, -0.1) is 11.3 Å². The third kappa shape index (κ3) is 5.50. The lowest BCUT2D eigenvalue weighted by Gasteiger charge is -2.34. The number of aromatic nitrogens is 2. The van der Waals surface area contributed by atoms with Gasteiger partial charge >= 0.3 is 5.97 Å². The number of pyridine rings is 2. The highest BCUT2D eigenvalue weighted by Crippen LogP contribution is 2.37. The van der Waals surface area contributed by atoms with Crippen molar-refractivity contribution in [3.63, 3.8) is 0 Å². The van der Waals surface area contributed by atoms with E-state index in [0.717, 1.165) is 83.6 Å². The highest BCUT2D eigenvalue weighted by atomic mass is 32.1. The van der Waals surface area contributed by atoms with Crippen LogP contribution in [-0.4, -0.2) is 51.8 Å². The molecule has 4 heterocycles. The quantitative estimate of drug-likeness (QED) is 0.241. The zero-order valence-electron chi connectivity index (χ0n) is 21.4. The Kier molecular flexibility index (Phi) is 7.87. The molecule has 9 heteroatoms. The molecule has 0 spiro atoms. The first-order valence-electron chi connectivity index (χ1n) is 13.1. The first-order valence-corrected chi connectivity index (χ1v) is 13.9. The van der Waals surface area contributed by atoms with Gasteiger partial charge in [-0.25, -0.2) is 9.78 Å². The smallest absolute Gasteiger partial charge is 0.348 e. The van der Waals surface area contributed by atoms with Crippen molar-refractivity contribution in [1.29, 1.82) is 0 Å². The third-order valence-corrected chi connectivity index (χ3v) is 8.28. The van der Waals surface area contributed by atoms with E-state index in [1.54, 1.807) is 6.20 Å². The number of aliphatic hydroxyl groups excluding tert-OH is 1. The molecule has 1 fully saturated rings. The van der Waals surface area contributed by atoms with Gasteiger partial charge in [0.25, 0.3) is 0 Å². The van der Waals surface area contributed by atoms with Gasteiger partial charge in [-0.3, -0.25) is 4.98 Å². The Labute approximate surface area is 226 Å². The highest BCUT2D eigenvalue weighted by molar-refractivity contribution is 7.21. The van der Waals surface area contributed by atoms with E-state index in [9.17, 15) is 15.0 Å². The van der Waals surface area contributed by atoms with E-state index < -0.39 is 12.1 Å². The number of aromatic carboxylic acids is 1. The van der Waals surface area contributed by atoms with E-state index >= 15 is 0 Å². The van der Waals surface area contributed by atoms with E-state index in [-0.39, 0.29) is 4.88 Å². The second-order valence-electron chi connectivity index (χ2n) is 9.77. The summed E-state index contributed by atoms with van der Waals surface area (Å²) in [6, 6.07) is 14.3. The minimum Gasteiger partial charge on any atom is -0.477 e. The summed E-state index contributed by atoms with van der Waals surface area (Å²) >= 11 is 1.15. The Morgan fingerprint density at radius 3 is 2.63 bits per heavy atom. The Balaban J connectivity index is 1.19. The van der Waals surface area contributed by atoms with Crippen LogP contribution in [0.3, 0.4) is 0 Å². The maximum Gasteiger partial charge on any atom is 0.348 e. The van der Waals surface area contributed by atoms with E-state index in [2.05, 4.69) is 28.2 Å². The number of anilines is 2. The molecule has 1 aliphatic rings. The number of fused-ring (bicyclic) bond motifs is 1. The van der Waals surface area contributed by atoms with E-state index in [0.29, 0.717) is 23.1 Å². The SMILES string of the molecule is CCCc1cc(N2CCC(NCC(O)c3ccc(-c4cccnc4)cc3)CC2)nc2sc(C(=O)O)c(N)c12. The minimum absolute atomic E-state index is 0.162. The van der Waals surface area contributed by atoms with Gasteiger partial charge < -0.3 is 26.2 Å². The number of nitrogens with two attached hydrogens (primary N) is 1. The molecule has 5 N–H and O–H groups in total. The summed E-state index contributed by atoms with van der Waals surface area (Å²) in [4.78, 5) is 23.7. The number of carbonyl (C=O) groups is 1. The normalized spacial score (nSPS) is 15.2. The molecular weight excluding hydrogens is 498 g/mol. The van der Waals surface area contributed by atoms with Crippen LogP contribution in [-0.2, 0) is 6.42 Å². The monoisotopic (exact) mass is 531 g/mol. The van der Waals surface area contributed by atoms with Crippen LogP contribution in [0.25, 0.3) is 21.3 Å². The van der Waals surface area contributed by atoms with Gasteiger partial charge in [0.15, 0.2) is 0 Å². The van der Waals surface area contributed by atoms with Gasteiger partial charge in [0.2, 0.25) is 0 Å². The van der Waals surface area contributed by atoms with Crippen LogP contribution in [0.15, 0.2) is 54.9 Å². The third-order valence-electron chi connectivity index (χ3n) is 7.19. The molecule has 1 saturated heterocycles. The van der Waals surface area contributed by atoms with Crippen molar-refractivity contribution in [1.82, 2.24) is 15.3 Å². The van der Waals surface area contributed by atoms with Crippen LogP contribution in [0, 0.1) is 0 Å². The van der Waals surface area contributed by atoms with Gasteiger partial charge in [0.1, 0.15) is 15.5 Å². The van der Waals surface area contributed by atoms with Crippen molar-refractivity contribution in [2.75, 3.05) is 30.3 Å². The first kappa shape index (κ1) is 26.1. The number of aliphatic hydroxyl groups is 1. The molecule has 1 unspecified atom stereocenters. The molecule has 5 rings (SSSR count). The molecule has 38 heavy (non-hydrogen) atoms. The number of hydrogen-bond acceptors (Lipinski definition) is 8. The number of nitrogen functional groups attached to an aromatic ring is 1.